The molecule has 0 saturated carbocycles. The van der Waals surface area contributed by atoms with Crippen LogP contribution in [0.3, 0.4) is 0 Å². The Labute approximate surface area is 121 Å². The molecule has 0 spiro atoms. The molecular weight excluding hydrogens is 248 g/mol. The molecule has 0 fully saturated rings. The number of pyridine rings is 1. The fourth-order valence-electron chi connectivity index (χ4n) is 2.44. The minimum Gasteiger partial charge on any atom is -0.496 e. The molecule has 0 saturated heterocycles. The van der Waals surface area contributed by atoms with Crippen molar-refractivity contribution in [1.29, 1.82) is 0 Å². The highest BCUT2D eigenvalue weighted by molar-refractivity contribution is 5.43. The minimum absolute atomic E-state index is 0.122. The lowest BCUT2D eigenvalue weighted by Gasteiger charge is -2.22. The van der Waals surface area contributed by atoms with Crippen molar-refractivity contribution < 1.29 is 4.74 Å². The van der Waals surface area contributed by atoms with Gasteiger partial charge in [-0.1, -0.05) is 24.6 Å². The lowest BCUT2D eigenvalue weighted by Crippen LogP contribution is -2.22. The molecule has 0 amide bonds. The molecule has 1 unspecified atom stereocenters. The SMILES string of the molecule is CCNC(c1ccnc(C)c1)c1cc(C)ccc1OC. The second-order valence-electron chi connectivity index (χ2n) is 4.97. The van der Waals surface area contributed by atoms with Crippen molar-refractivity contribution in [3.05, 3.63) is 58.9 Å². The Morgan fingerprint density at radius 1 is 1.20 bits per heavy atom. The van der Waals surface area contributed by atoms with Gasteiger partial charge in [-0.15, -0.1) is 0 Å². The van der Waals surface area contributed by atoms with E-state index in [0.29, 0.717) is 0 Å². The maximum atomic E-state index is 5.52. The molecule has 1 aromatic carbocycles. The maximum Gasteiger partial charge on any atom is 0.123 e. The van der Waals surface area contributed by atoms with E-state index in [9.17, 15) is 0 Å². The molecule has 1 aromatic heterocycles. The van der Waals surface area contributed by atoms with Crippen LogP contribution in [0.4, 0.5) is 0 Å². The van der Waals surface area contributed by atoms with Gasteiger partial charge >= 0.3 is 0 Å². The highest BCUT2D eigenvalue weighted by Gasteiger charge is 2.17. The predicted octanol–water partition coefficient (Wildman–Crippen LogP) is 3.41. The van der Waals surface area contributed by atoms with E-state index in [0.717, 1.165) is 18.0 Å². The number of benzene rings is 1. The summed E-state index contributed by atoms with van der Waals surface area (Å²) in [5.41, 5.74) is 4.63. The summed E-state index contributed by atoms with van der Waals surface area (Å²) in [5.74, 6) is 0.913. The van der Waals surface area contributed by atoms with Crippen LogP contribution in [-0.4, -0.2) is 18.6 Å². The van der Waals surface area contributed by atoms with E-state index in [1.807, 2.05) is 19.2 Å². The quantitative estimate of drug-likeness (QED) is 0.904. The monoisotopic (exact) mass is 270 g/mol. The molecule has 3 nitrogen and oxygen atoms in total. The molecular formula is C17H22N2O. The van der Waals surface area contributed by atoms with E-state index < -0.39 is 0 Å². The van der Waals surface area contributed by atoms with Crippen molar-refractivity contribution >= 4 is 0 Å². The van der Waals surface area contributed by atoms with E-state index in [-0.39, 0.29) is 6.04 Å². The molecule has 0 radical (unpaired) electrons. The predicted molar refractivity (Wildman–Crippen MR) is 82.2 cm³/mol. The van der Waals surface area contributed by atoms with Crippen LogP contribution in [0.1, 0.15) is 35.3 Å². The van der Waals surface area contributed by atoms with Gasteiger partial charge in [-0.25, -0.2) is 0 Å². The van der Waals surface area contributed by atoms with Gasteiger partial charge in [-0.3, -0.25) is 4.98 Å². The molecule has 0 aliphatic rings. The second-order valence-corrected chi connectivity index (χ2v) is 4.97. The first-order valence-electron chi connectivity index (χ1n) is 6.96. The Balaban J connectivity index is 2.50. The number of aromatic nitrogens is 1. The van der Waals surface area contributed by atoms with Crippen LogP contribution in [0, 0.1) is 13.8 Å². The van der Waals surface area contributed by atoms with Gasteiger partial charge in [0.15, 0.2) is 0 Å². The Bertz CT molecular complexity index is 581. The van der Waals surface area contributed by atoms with Gasteiger partial charge in [0.25, 0.3) is 0 Å². The average molecular weight is 270 g/mol. The van der Waals surface area contributed by atoms with Crippen LogP contribution in [0.5, 0.6) is 5.75 Å². The van der Waals surface area contributed by atoms with E-state index in [1.54, 1.807) is 7.11 Å². The first-order chi connectivity index (χ1) is 9.65. The minimum atomic E-state index is 0.122. The summed E-state index contributed by atoms with van der Waals surface area (Å²) in [6.45, 7) is 7.12. The zero-order valence-corrected chi connectivity index (χ0v) is 12.6. The Kier molecular flexibility index (Phi) is 4.74. The van der Waals surface area contributed by atoms with Crippen molar-refractivity contribution in [1.82, 2.24) is 10.3 Å². The molecule has 20 heavy (non-hydrogen) atoms. The normalized spacial score (nSPS) is 12.2. The zero-order valence-electron chi connectivity index (χ0n) is 12.6. The number of nitrogens with one attached hydrogen (secondary N) is 1. The topological polar surface area (TPSA) is 34.2 Å². The first kappa shape index (κ1) is 14.5. The number of hydrogen-bond acceptors (Lipinski definition) is 3. The van der Waals surface area contributed by atoms with Gasteiger partial charge in [0.1, 0.15) is 5.75 Å². The third-order valence-electron chi connectivity index (χ3n) is 3.36. The number of rotatable bonds is 5. The molecule has 1 heterocycles. The van der Waals surface area contributed by atoms with Crippen LogP contribution in [0.2, 0.25) is 0 Å². The third-order valence-corrected chi connectivity index (χ3v) is 3.36. The average Bonchev–Trinajstić information content (AvgIpc) is 2.44. The van der Waals surface area contributed by atoms with Crippen molar-refractivity contribution in [3.63, 3.8) is 0 Å². The number of nitrogens with zero attached hydrogens (tertiary/aromatic N) is 1. The van der Waals surface area contributed by atoms with E-state index >= 15 is 0 Å². The van der Waals surface area contributed by atoms with Crippen LogP contribution in [0.15, 0.2) is 36.5 Å². The lowest BCUT2D eigenvalue weighted by atomic mass is 9.96. The summed E-state index contributed by atoms with van der Waals surface area (Å²) < 4.78 is 5.52. The molecule has 0 aliphatic heterocycles. The molecule has 0 aliphatic carbocycles. The lowest BCUT2D eigenvalue weighted by molar-refractivity contribution is 0.404. The van der Waals surface area contributed by atoms with Gasteiger partial charge in [0.05, 0.1) is 13.2 Å². The van der Waals surface area contributed by atoms with Crippen LogP contribution in [0.25, 0.3) is 0 Å². The number of aryl methyl sites for hydroxylation is 2. The molecule has 2 rings (SSSR count). The largest absolute Gasteiger partial charge is 0.496 e. The number of ether oxygens (including phenoxy) is 1. The summed E-state index contributed by atoms with van der Waals surface area (Å²) in [4.78, 5) is 4.28. The molecule has 1 N–H and O–H groups in total. The summed E-state index contributed by atoms with van der Waals surface area (Å²) in [5, 5.41) is 3.54. The summed E-state index contributed by atoms with van der Waals surface area (Å²) in [7, 11) is 1.72. The summed E-state index contributed by atoms with van der Waals surface area (Å²) in [6, 6.07) is 10.6. The zero-order chi connectivity index (χ0) is 14.5. The molecule has 106 valence electrons. The maximum absolute atomic E-state index is 5.52. The van der Waals surface area contributed by atoms with Crippen molar-refractivity contribution in [2.45, 2.75) is 26.8 Å². The van der Waals surface area contributed by atoms with Crippen LogP contribution in [-0.2, 0) is 0 Å². The van der Waals surface area contributed by atoms with Gasteiger partial charge in [-0.2, -0.15) is 0 Å². The van der Waals surface area contributed by atoms with Crippen LogP contribution < -0.4 is 10.1 Å². The van der Waals surface area contributed by atoms with Gasteiger partial charge in [0.2, 0.25) is 0 Å². The van der Waals surface area contributed by atoms with E-state index in [2.05, 4.69) is 48.4 Å². The van der Waals surface area contributed by atoms with Gasteiger partial charge in [-0.05, 0) is 44.2 Å². The van der Waals surface area contributed by atoms with Gasteiger partial charge < -0.3 is 10.1 Å². The smallest absolute Gasteiger partial charge is 0.123 e. The van der Waals surface area contributed by atoms with Crippen molar-refractivity contribution in [2.75, 3.05) is 13.7 Å². The van der Waals surface area contributed by atoms with E-state index in [1.165, 1.54) is 16.7 Å². The first-order valence-corrected chi connectivity index (χ1v) is 6.96. The summed E-state index contributed by atoms with van der Waals surface area (Å²) in [6.07, 6.45) is 1.86. The Hall–Kier alpha value is -1.87. The standard InChI is InChI=1S/C17H22N2O/c1-5-18-17(14-8-9-19-13(3)11-14)15-10-12(2)6-7-16(15)20-4/h6-11,17-18H,5H2,1-4H3. The highest BCUT2D eigenvalue weighted by Crippen LogP contribution is 2.31. The fourth-order valence-corrected chi connectivity index (χ4v) is 2.44. The van der Waals surface area contributed by atoms with Crippen molar-refractivity contribution in [3.8, 4) is 5.75 Å². The van der Waals surface area contributed by atoms with Crippen molar-refractivity contribution in [2.24, 2.45) is 0 Å². The third kappa shape index (κ3) is 3.17. The number of methoxy groups -OCH3 is 1. The molecule has 2 aromatic rings. The van der Waals surface area contributed by atoms with Gasteiger partial charge in [0, 0.05) is 17.5 Å². The highest BCUT2D eigenvalue weighted by atomic mass is 16.5. The number of hydrogen-bond donors (Lipinski definition) is 1. The Morgan fingerprint density at radius 3 is 2.65 bits per heavy atom. The molecule has 3 heteroatoms. The second kappa shape index (κ2) is 6.53. The van der Waals surface area contributed by atoms with Crippen LogP contribution >= 0.6 is 0 Å². The summed E-state index contributed by atoms with van der Waals surface area (Å²) >= 11 is 0. The Morgan fingerprint density at radius 2 is 2.00 bits per heavy atom. The molecule has 1 atom stereocenters. The molecule has 0 bridgehead atoms. The fraction of sp³-hybridized carbons (Fsp3) is 0.353. The van der Waals surface area contributed by atoms with E-state index in [4.69, 9.17) is 4.74 Å².